The first-order chi connectivity index (χ1) is 13.5. The highest BCUT2D eigenvalue weighted by Crippen LogP contribution is 2.45. The maximum atomic E-state index is 13.2. The molecule has 0 saturated carbocycles. The number of methoxy groups -OCH3 is 1. The predicted molar refractivity (Wildman–Crippen MR) is 114 cm³/mol. The van der Waals surface area contributed by atoms with Crippen molar-refractivity contribution >= 4 is 24.3 Å². The topological polar surface area (TPSA) is 49.9 Å². The van der Waals surface area contributed by atoms with Crippen LogP contribution in [0.2, 0.25) is 0 Å². The van der Waals surface area contributed by atoms with Gasteiger partial charge in [-0.05, 0) is 43.1 Å². The molecule has 2 aromatic rings. The average molecular weight is 415 g/mol. The number of amides is 1. The van der Waals surface area contributed by atoms with Crippen molar-refractivity contribution in [1.82, 2.24) is 9.80 Å². The largest absolute Gasteiger partial charge is 0.465 e. The second kappa shape index (κ2) is 8.56. The first-order valence-corrected chi connectivity index (χ1v) is 9.73. The van der Waals surface area contributed by atoms with Gasteiger partial charge in [-0.15, -0.1) is 12.4 Å². The van der Waals surface area contributed by atoms with E-state index in [4.69, 9.17) is 4.74 Å². The lowest BCUT2D eigenvalue weighted by molar-refractivity contribution is 0.0591. The Morgan fingerprint density at radius 2 is 1.62 bits per heavy atom. The monoisotopic (exact) mass is 414 g/mol. The number of carbonyl (C=O) groups excluding carboxylic acids is 2. The Kier molecular flexibility index (Phi) is 6.30. The van der Waals surface area contributed by atoms with Crippen LogP contribution in [0.25, 0.3) is 0 Å². The number of benzene rings is 2. The summed E-state index contributed by atoms with van der Waals surface area (Å²) >= 11 is 0. The molecule has 1 amide bonds. The van der Waals surface area contributed by atoms with Gasteiger partial charge in [0.15, 0.2) is 0 Å². The van der Waals surface area contributed by atoms with Crippen molar-refractivity contribution in [3.8, 4) is 0 Å². The van der Waals surface area contributed by atoms with Crippen molar-refractivity contribution in [2.45, 2.75) is 13.0 Å². The Morgan fingerprint density at radius 1 is 0.966 bits per heavy atom. The Hall–Kier alpha value is -2.37. The Bertz CT molecular complexity index is 917. The van der Waals surface area contributed by atoms with Gasteiger partial charge in [-0.2, -0.15) is 0 Å². The van der Waals surface area contributed by atoms with Crippen molar-refractivity contribution in [3.05, 3.63) is 70.8 Å². The number of aryl methyl sites for hydroxylation is 1. The Balaban J connectivity index is 0.00000240. The highest BCUT2D eigenvalue weighted by molar-refractivity contribution is 6.05. The molecule has 4 rings (SSSR count). The van der Waals surface area contributed by atoms with E-state index >= 15 is 0 Å². The number of hydrogen-bond acceptors (Lipinski definition) is 4. The SMILES string of the molecule is COC(=O)c1ccccc1C(=O)N1C[C@@H]2CN(C)[C@H](c3ccccc3C)[C@@H]2C1.Cl. The molecule has 29 heavy (non-hydrogen) atoms. The lowest BCUT2D eigenvalue weighted by Crippen LogP contribution is -2.34. The first kappa shape index (κ1) is 21.3. The summed E-state index contributed by atoms with van der Waals surface area (Å²) in [6.45, 7) is 4.57. The number of likely N-dealkylation sites (tertiary alicyclic amines) is 2. The fourth-order valence-corrected chi connectivity index (χ4v) is 4.94. The average Bonchev–Trinajstić information content (AvgIpc) is 3.24. The summed E-state index contributed by atoms with van der Waals surface area (Å²) in [5.74, 6) is 0.298. The summed E-state index contributed by atoms with van der Waals surface area (Å²) in [7, 11) is 3.51. The number of hydrogen-bond donors (Lipinski definition) is 0. The first-order valence-electron chi connectivity index (χ1n) is 9.73. The Labute approximate surface area is 178 Å². The number of nitrogens with zero attached hydrogens (tertiary/aromatic N) is 2. The van der Waals surface area contributed by atoms with E-state index < -0.39 is 5.97 Å². The van der Waals surface area contributed by atoms with Gasteiger partial charge in [0.05, 0.1) is 18.2 Å². The molecule has 5 nitrogen and oxygen atoms in total. The van der Waals surface area contributed by atoms with Gasteiger partial charge in [-0.3, -0.25) is 9.69 Å². The fraction of sp³-hybridized carbons (Fsp3) is 0.391. The van der Waals surface area contributed by atoms with Crippen LogP contribution in [0.1, 0.15) is 37.9 Å². The summed E-state index contributed by atoms with van der Waals surface area (Å²) in [5, 5.41) is 0. The molecule has 0 radical (unpaired) electrons. The standard InChI is InChI=1S/C23H26N2O3.ClH/c1-15-8-4-5-9-17(15)21-20-14-25(13-16(20)12-24(21)2)22(26)18-10-6-7-11-19(18)23(27)28-3;/h4-11,16,20-21H,12-14H2,1-3H3;1H/t16-,20+,21+;/m0./s1. The van der Waals surface area contributed by atoms with Crippen LogP contribution in [0.4, 0.5) is 0 Å². The van der Waals surface area contributed by atoms with Crippen LogP contribution in [0.15, 0.2) is 48.5 Å². The van der Waals surface area contributed by atoms with Crippen LogP contribution >= 0.6 is 12.4 Å². The Morgan fingerprint density at radius 3 is 2.31 bits per heavy atom. The van der Waals surface area contributed by atoms with E-state index in [1.54, 1.807) is 24.3 Å². The van der Waals surface area contributed by atoms with Crippen molar-refractivity contribution < 1.29 is 14.3 Å². The molecule has 0 spiro atoms. The zero-order valence-corrected chi connectivity index (χ0v) is 17.8. The minimum Gasteiger partial charge on any atom is -0.465 e. The molecule has 0 bridgehead atoms. The van der Waals surface area contributed by atoms with Crippen molar-refractivity contribution in [2.24, 2.45) is 11.8 Å². The van der Waals surface area contributed by atoms with E-state index in [-0.39, 0.29) is 18.3 Å². The second-order valence-corrected chi connectivity index (χ2v) is 7.91. The van der Waals surface area contributed by atoms with Gasteiger partial charge in [-0.1, -0.05) is 36.4 Å². The molecule has 0 aromatic heterocycles. The summed E-state index contributed by atoms with van der Waals surface area (Å²) in [4.78, 5) is 29.6. The maximum absolute atomic E-state index is 13.2. The maximum Gasteiger partial charge on any atom is 0.338 e. The van der Waals surface area contributed by atoms with Crippen LogP contribution in [0.5, 0.6) is 0 Å². The minimum atomic E-state index is -0.471. The van der Waals surface area contributed by atoms with Crippen LogP contribution in [-0.4, -0.2) is 55.5 Å². The molecule has 3 atom stereocenters. The lowest BCUT2D eigenvalue weighted by Gasteiger charge is -2.28. The van der Waals surface area contributed by atoms with Gasteiger partial charge in [0.2, 0.25) is 0 Å². The molecular weight excluding hydrogens is 388 g/mol. The van der Waals surface area contributed by atoms with Crippen LogP contribution in [0.3, 0.4) is 0 Å². The molecule has 6 heteroatoms. The second-order valence-electron chi connectivity index (χ2n) is 7.91. The zero-order chi connectivity index (χ0) is 19.8. The number of esters is 1. The molecule has 2 fully saturated rings. The van der Waals surface area contributed by atoms with Gasteiger partial charge >= 0.3 is 5.97 Å². The quantitative estimate of drug-likeness (QED) is 0.720. The van der Waals surface area contributed by atoms with Gasteiger partial charge in [0.1, 0.15) is 0 Å². The molecule has 2 aromatic carbocycles. The van der Waals surface area contributed by atoms with Gasteiger partial charge in [-0.25, -0.2) is 4.79 Å². The molecule has 0 N–H and O–H groups in total. The molecule has 0 unspecified atom stereocenters. The van der Waals surface area contributed by atoms with Gasteiger partial charge < -0.3 is 9.64 Å². The predicted octanol–water partition coefficient (Wildman–Crippen LogP) is 3.58. The smallest absolute Gasteiger partial charge is 0.338 e. The highest BCUT2D eigenvalue weighted by atomic mass is 35.5. The van der Waals surface area contributed by atoms with Gasteiger partial charge in [0.25, 0.3) is 5.91 Å². The minimum absolute atomic E-state index is 0. The molecule has 154 valence electrons. The van der Waals surface area contributed by atoms with Crippen molar-refractivity contribution in [1.29, 1.82) is 0 Å². The molecule has 0 aliphatic carbocycles. The van der Waals surface area contributed by atoms with Gasteiger partial charge in [0, 0.05) is 31.6 Å². The van der Waals surface area contributed by atoms with Crippen LogP contribution in [0, 0.1) is 18.8 Å². The normalized spacial score (nSPS) is 23.4. The fourth-order valence-electron chi connectivity index (χ4n) is 4.94. The molecule has 2 aliphatic rings. The van der Waals surface area contributed by atoms with E-state index in [0.717, 1.165) is 13.1 Å². The van der Waals surface area contributed by atoms with Crippen molar-refractivity contribution in [3.63, 3.8) is 0 Å². The third-order valence-electron chi connectivity index (χ3n) is 6.25. The highest BCUT2D eigenvalue weighted by Gasteiger charge is 2.47. The summed E-state index contributed by atoms with van der Waals surface area (Å²) in [5.41, 5.74) is 3.40. The van der Waals surface area contributed by atoms with E-state index in [0.29, 0.717) is 35.5 Å². The lowest BCUT2D eigenvalue weighted by atomic mass is 9.88. The molecule has 2 heterocycles. The third kappa shape index (κ3) is 3.77. The van der Waals surface area contributed by atoms with E-state index in [1.807, 2.05) is 4.90 Å². The number of rotatable bonds is 3. The van der Waals surface area contributed by atoms with E-state index in [1.165, 1.54) is 18.2 Å². The summed E-state index contributed by atoms with van der Waals surface area (Å²) in [6, 6.07) is 15.8. The molecule has 2 aliphatic heterocycles. The van der Waals surface area contributed by atoms with Crippen LogP contribution < -0.4 is 0 Å². The summed E-state index contributed by atoms with van der Waals surface area (Å²) in [6.07, 6.45) is 0. The van der Waals surface area contributed by atoms with Crippen LogP contribution in [-0.2, 0) is 4.74 Å². The van der Waals surface area contributed by atoms with E-state index in [2.05, 4.69) is 43.1 Å². The zero-order valence-electron chi connectivity index (χ0n) is 17.0. The number of fused-ring (bicyclic) bond motifs is 1. The van der Waals surface area contributed by atoms with E-state index in [9.17, 15) is 9.59 Å². The molecular formula is C23H27ClN2O3. The summed E-state index contributed by atoms with van der Waals surface area (Å²) < 4.78 is 4.85. The molecule has 2 saturated heterocycles. The number of ether oxygens (including phenoxy) is 1. The number of carbonyl (C=O) groups is 2. The third-order valence-corrected chi connectivity index (χ3v) is 6.25. The number of halogens is 1. The van der Waals surface area contributed by atoms with Crippen molar-refractivity contribution in [2.75, 3.05) is 33.8 Å².